The van der Waals surface area contributed by atoms with Crippen LogP contribution in [0.1, 0.15) is 23.2 Å². The maximum Gasteiger partial charge on any atom is 0.322 e. The monoisotopic (exact) mass is 606 g/mol. The molecule has 0 aliphatic heterocycles. The molecular weight excluding hydrogens is 572 g/mol. The van der Waals surface area contributed by atoms with Crippen molar-refractivity contribution in [1.29, 1.82) is 0 Å². The van der Waals surface area contributed by atoms with Gasteiger partial charge in [0.2, 0.25) is 0 Å². The Morgan fingerprint density at radius 3 is 2.40 bits per heavy atom. The Bertz CT molecular complexity index is 1660. The van der Waals surface area contributed by atoms with Crippen LogP contribution in [0.5, 0.6) is 0 Å². The molecule has 0 saturated heterocycles. The van der Waals surface area contributed by atoms with Gasteiger partial charge in [-0.2, -0.15) is 11.8 Å². The zero-order valence-electron chi connectivity index (χ0n) is 23.9. The highest BCUT2D eigenvalue weighted by Gasteiger charge is 2.33. The van der Waals surface area contributed by atoms with Gasteiger partial charge in [-0.3, -0.25) is 9.59 Å². The molecule has 0 radical (unpaired) electrons. The Morgan fingerprint density at radius 2 is 1.79 bits per heavy atom. The SMILES string of the molecule is C=C1C=CC(C(=O)C(C[C@H](N)C(=O)OC)SC)=C(c2ccccc2)C1Nc1ncn(S(=O)(=O)c2ccc(C)cc2)c1C. The van der Waals surface area contributed by atoms with Crippen LogP contribution in [0.25, 0.3) is 5.57 Å². The number of nitrogens with zero attached hydrogens (tertiary/aromatic N) is 2. The maximum atomic E-state index is 14.0. The summed E-state index contributed by atoms with van der Waals surface area (Å²) in [7, 11) is -2.63. The van der Waals surface area contributed by atoms with Gasteiger partial charge in [-0.25, -0.2) is 17.4 Å². The van der Waals surface area contributed by atoms with Crippen molar-refractivity contribution < 1.29 is 22.7 Å². The Hall–Kier alpha value is -3.93. The molecule has 1 aliphatic rings. The number of Topliss-reactive ketones (excluding diaryl/α,β-unsaturated/α-hetero) is 1. The molecule has 3 atom stereocenters. The quantitative estimate of drug-likeness (QED) is 0.307. The molecule has 3 N–H and O–H groups in total. The molecular formula is C31H34N4O5S2. The van der Waals surface area contributed by atoms with Crippen LogP contribution in [0.2, 0.25) is 0 Å². The Balaban J connectivity index is 1.75. The molecule has 4 rings (SSSR count). The first-order valence-electron chi connectivity index (χ1n) is 13.2. The van der Waals surface area contributed by atoms with E-state index in [4.69, 9.17) is 10.5 Å². The van der Waals surface area contributed by atoms with Crippen LogP contribution in [0.4, 0.5) is 5.82 Å². The van der Waals surface area contributed by atoms with Gasteiger partial charge >= 0.3 is 5.97 Å². The number of hydrogen-bond acceptors (Lipinski definition) is 9. The van der Waals surface area contributed by atoms with Crippen LogP contribution in [-0.2, 0) is 24.3 Å². The summed E-state index contributed by atoms with van der Waals surface area (Å²) in [6.07, 6.45) is 6.65. The van der Waals surface area contributed by atoms with Gasteiger partial charge in [0.15, 0.2) is 5.78 Å². The normalized spacial score (nSPS) is 16.7. The second-order valence-electron chi connectivity index (χ2n) is 9.93. The zero-order valence-corrected chi connectivity index (χ0v) is 25.5. The number of hydrogen-bond donors (Lipinski definition) is 2. The van der Waals surface area contributed by atoms with E-state index in [1.165, 1.54) is 25.2 Å². The zero-order chi connectivity index (χ0) is 30.6. The molecule has 42 heavy (non-hydrogen) atoms. The summed E-state index contributed by atoms with van der Waals surface area (Å²) >= 11 is 1.31. The third-order valence-corrected chi connectivity index (χ3v) is 9.87. The van der Waals surface area contributed by atoms with Crippen molar-refractivity contribution in [2.24, 2.45) is 5.73 Å². The lowest BCUT2D eigenvalue weighted by atomic mass is 9.82. The summed E-state index contributed by atoms with van der Waals surface area (Å²) in [6.45, 7) is 7.77. The van der Waals surface area contributed by atoms with Gasteiger partial charge in [0.1, 0.15) is 18.2 Å². The predicted octanol–water partition coefficient (Wildman–Crippen LogP) is 4.29. The molecule has 2 unspecified atom stereocenters. The van der Waals surface area contributed by atoms with Crippen LogP contribution in [0.15, 0.2) is 95.7 Å². The van der Waals surface area contributed by atoms with Crippen molar-refractivity contribution in [3.05, 3.63) is 108 Å². The summed E-state index contributed by atoms with van der Waals surface area (Å²) in [4.78, 5) is 30.5. The third kappa shape index (κ3) is 6.28. The van der Waals surface area contributed by atoms with Crippen molar-refractivity contribution in [3.63, 3.8) is 0 Å². The number of nitrogens with two attached hydrogens (primary N) is 1. The van der Waals surface area contributed by atoms with Gasteiger partial charge in [0.25, 0.3) is 10.0 Å². The Kier molecular flexibility index (Phi) is 9.55. The lowest BCUT2D eigenvalue weighted by molar-refractivity contribution is -0.142. The number of imidazole rings is 1. The second-order valence-corrected chi connectivity index (χ2v) is 12.8. The predicted molar refractivity (Wildman–Crippen MR) is 167 cm³/mol. The number of ketones is 1. The first kappa shape index (κ1) is 31.0. The van der Waals surface area contributed by atoms with Crippen LogP contribution >= 0.6 is 11.8 Å². The molecule has 220 valence electrons. The minimum atomic E-state index is -3.89. The first-order valence-corrected chi connectivity index (χ1v) is 15.9. The molecule has 3 aromatic rings. The minimum Gasteiger partial charge on any atom is -0.468 e. The van der Waals surface area contributed by atoms with Gasteiger partial charge in [-0.1, -0.05) is 66.8 Å². The van der Waals surface area contributed by atoms with E-state index in [0.717, 1.165) is 15.1 Å². The highest BCUT2D eigenvalue weighted by atomic mass is 32.2. The van der Waals surface area contributed by atoms with Crippen molar-refractivity contribution in [2.75, 3.05) is 18.7 Å². The number of thioether (sulfide) groups is 1. The van der Waals surface area contributed by atoms with Gasteiger partial charge in [-0.15, -0.1) is 0 Å². The number of allylic oxidation sites excluding steroid dienone is 2. The van der Waals surface area contributed by atoms with Crippen molar-refractivity contribution in [1.82, 2.24) is 8.96 Å². The van der Waals surface area contributed by atoms with Gasteiger partial charge in [0.05, 0.1) is 29.0 Å². The van der Waals surface area contributed by atoms with E-state index in [9.17, 15) is 18.0 Å². The number of carbonyl (C=O) groups is 2. The van der Waals surface area contributed by atoms with Gasteiger partial charge in [0, 0.05) is 5.57 Å². The number of aryl methyl sites for hydroxylation is 1. The number of esters is 1. The number of carbonyl (C=O) groups excluding carboxylic acids is 2. The fourth-order valence-electron chi connectivity index (χ4n) is 4.74. The largest absolute Gasteiger partial charge is 0.468 e. The van der Waals surface area contributed by atoms with Crippen LogP contribution in [-0.4, -0.2) is 59.8 Å². The van der Waals surface area contributed by atoms with Crippen LogP contribution in [0, 0.1) is 13.8 Å². The van der Waals surface area contributed by atoms with Crippen molar-refractivity contribution in [2.45, 2.75) is 42.5 Å². The first-order chi connectivity index (χ1) is 20.0. The summed E-state index contributed by atoms with van der Waals surface area (Å²) in [6, 6.07) is 14.5. The highest BCUT2D eigenvalue weighted by molar-refractivity contribution is 8.00. The second kappa shape index (κ2) is 12.9. The van der Waals surface area contributed by atoms with Crippen LogP contribution in [0.3, 0.4) is 0 Å². The molecule has 0 bridgehead atoms. The summed E-state index contributed by atoms with van der Waals surface area (Å²) in [5.41, 5.74) is 9.88. The molecule has 9 nitrogen and oxygen atoms in total. The number of nitrogens with one attached hydrogen (secondary N) is 1. The Morgan fingerprint density at radius 1 is 1.12 bits per heavy atom. The third-order valence-electron chi connectivity index (χ3n) is 7.14. The van der Waals surface area contributed by atoms with E-state index in [1.807, 2.05) is 37.3 Å². The lowest BCUT2D eigenvalue weighted by Gasteiger charge is -2.29. The number of benzene rings is 2. The minimum absolute atomic E-state index is 0.103. The molecule has 0 amide bonds. The average molecular weight is 607 g/mol. The van der Waals surface area contributed by atoms with E-state index in [-0.39, 0.29) is 17.1 Å². The molecule has 1 aliphatic carbocycles. The number of ether oxygens (including phenoxy) is 1. The van der Waals surface area contributed by atoms with Crippen molar-refractivity contribution >= 4 is 44.9 Å². The standard InChI is InChI=1S/C31H34N4O5S2/c1-19-11-14-23(15-12-19)42(38,39)35-18-33-30(21(35)3)34-28-20(2)13-16-24(27(28)22-9-7-6-8-10-22)29(36)26(41-5)17-25(32)31(37)40-4/h6-16,18,25-26,28,34H,2,17,32H2,1,3-5H3/t25-,26?,28?/m0/s1. The number of anilines is 1. The molecule has 0 spiro atoms. The summed E-state index contributed by atoms with van der Waals surface area (Å²) in [5, 5.41) is 2.74. The molecule has 2 aromatic carbocycles. The lowest BCUT2D eigenvalue weighted by Crippen LogP contribution is -2.37. The number of aromatic nitrogens is 2. The van der Waals surface area contributed by atoms with E-state index in [1.54, 1.807) is 49.6 Å². The van der Waals surface area contributed by atoms with E-state index in [0.29, 0.717) is 28.2 Å². The van der Waals surface area contributed by atoms with Crippen LogP contribution < -0.4 is 11.1 Å². The van der Waals surface area contributed by atoms with E-state index >= 15 is 0 Å². The highest BCUT2D eigenvalue weighted by Crippen LogP contribution is 2.36. The number of methoxy groups -OCH3 is 1. The fourth-order valence-corrected chi connectivity index (χ4v) is 6.80. The van der Waals surface area contributed by atoms with E-state index in [2.05, 4.69) is 16.9 Å². The number of rotatable bonds is 11. The topological polar surface area (TPSA) is 133 Å². The maximum absolute atomic E-state index is 14.0. The molecule has 1 aromatic heterocycles. The van der Waals surface area contributed by atoms with Gasteiger partial charge < -0.3 is 15.8 Å². The van der Waals surface area contributed by atoms with Crippen molar-refractivity contribution in [3.8, 4) is 0 Å². The smallest absolute Gasteiger partial charge is 0.322 e. The van der Waals surface area contributed by atoms with E-state index < -0.39 is 33.3 Å². The molecule has 0 saturated carbocycles. The summed E-state index contributed by atoms with van der Waals surface area (Å²) in [5.74, 6) is -0.445. The molecule has 11 heteroatoms. The fraction of sp³-hybridized carbons (Fsp3) is 0.258. The average Bonchev–Trinajstić information content (AvgIpc) is 3.36. The molecule has 1 heterocycles. The molecule has 0 fully saturated rings. The Labute approximate surface area is 250 Å². The van der Waals surface area contributed by atoms with Gasteiger partial charge in [-0.05, 0) is 55.4 Å². The summed E-state index contributed by atoms with van der Waals surface area (Å²) < 4.78 is 32.7.